The Bertz CT molecular complexity index is 2170. The van der Waals surface area contributed by atoms with Gasteiger partial charge in [-0.1, -0.05) is 23.7 Å². The molecule has 0 saturated carbocycles. The Morgan fingerprint density at radius 3 is 2.83 bits per heavy atom. The summed E-state index contributed by atoms with van der Waals surface area (Å²) in [6.45, 7) is 3.22. The largest absolute Gasteiger partial charge is 0.478 e. The Morgan fingerprint density at radius 1 is 1.17 bits per heavy atom. The van der Waals surface area contributed by atoms with E-state index in [0.717, 1.165) is 53.7 Å². The molecule has 13 heteroatoms. The molecule has 6 aromatic rings. The van der Waals surface area contributed by atoms with Crippen LogP contribution in [0.4, 0.5) is 8.78 Å². The molecule has 2 aromatic carbocycles. The number of aromatic nitrogens is 6. The number of fused-ring (bicyclic) bond motifs is 2. The van der Waals surface area contributed by atoms with Gasteiger partial charge in [-0.2, -0.15) is 13.8 Å². The van der Waals surface area contributed by atoms with Gasteiger partial charge in [0.2, 0.25) is 5.82 Å². The summed E-state index contributed by atoms with van der Waals surface area (Å²) in [5, 5.41) is 10.4. The van der Waals surface area contributed by atoms with E-state index in [1.54, 1.807) is 36.7 Å². The van der Waals surface area contributed by atoms with E-state index in [1.165, 1.54) is 6.07 Å². The van der Waals surface area contributed by atoms with Crippen molar-refractivity contribution in [2.75, 3.05) is 0 Å². The van der Waals surface area contributed by atoms with Gasteiger partial charge >= 0.3 is 5.97 Å². The number of carbonyl (C=O) groups is 1. The van der Waals surface area contributed by atoms with Gasteiger partial charge in [-0.25, -0.2) is 19.7 Å². The van der Waals surface area contributed by atoms with E-state index in [2.05, 4.69) is 30.2 Å². The standard InChI is InChI=1S/C34H29ClF2N6O4/c1-2-42-18-38-14-23(42)16-43-28-12-21(34(44)45)8-10-27(28)40-30(43)11-19-3-5-20(6-4-19)32-39-15-26(36)33(41-32)46-17-22-7-9-25(35)24-13-29(37)47-31(22)24/h5,7-10,12-15,18-19H,2-4,6,11,16-17H2,1H3,(H,44,45). The Kier molecular flexibility index (Phi) is 8.19. The number of rotatable bonds is 10. The van der Waals surface area contributed by atoms with Crippen molar-refractivity contribution in [3.63, 3.8) is 0 Å². The first-order chi connectivity index (χ1) is 22.8. The lowest BCUT2D eigenvalue weighted by molar-refractivity contribution is 0.0697. The van der Waals surface area contributed by atoms with E-state index < -0.39 is 17.8 Å². The number of aromatic carboxylic acids is 1. The van der Waals surface area contributed by atoms with Gasteiger partial charge in [-0.05, 0) is 61.9 Å². The first kappa shape index (κ1) is 30.5. The lowest BCUT2D eigenvalue weighted by Crippen LogP contribution is -2.15. The number of allylic oxidation sites excluding steroid dienone is 2. The predicted octanol–water partition coefficient (Wildman–Crippen LogP) is 7.47. The number of halogens is 3. The molecular formula is C34H29ClF2N6O4. The molecule has 1 unspecified atom stereocenters. The Labute approximate surface area is 272 Å². The van der Waals surface area contributed by atoms with E-state index >= 15 is 0 Å². The van der Waals surface area contributed by atoms with E-state index in [-0.39, 0.29) is 29.6 Å². The van der Waals surface area contributed by atoms with Crippen LogP contribution in [0.2, 0.25) is 5.02 Å². The van der Waals surface area contributed by atoms with E-state index in [9.17, 15) is 18.7 Å². The average molecular weight is 659 g/mol. The number of carboxylic acids is 1. The summed E-state index contributed by atoms with van der Waals surface area (Å²) in [5.74, 6) is -0.402. The van der Waals surface area contributed by atoms with Crippen molar-refractivity contribution < 1.29 is 27.8 Å². The number of aryl methyl sites for hydroxylation is 1. The van der Waals surface area contributed by atoms with Crippen LogP contribution in [-0.2, 0) is 26.1 Å². The summed E-state index contributed by atoms with van der Waals surface area (Å²) in [5.41, 5.74) is 4.33. The topological polar surface area (TPSA) is 121 Å². The molecule has 7 rings (SSSR count). The fourth-order valence-electron chi connectivity index (χ4n) is 6.08. The first-order valence-electron chi connectivity index (χ1n) is 15.2. The zero-order valence-electron chi connectivity index (χ0n) is 25.3. The van der Waals surface area contributed by atoms with Crippen LogP contribution >= 0.6 is 11.6 Å². The van der Waals surface area contributed by atoms with Crippen molar-refractivity contribution in [1.82, 2.24) is 29.1 Å². The third kappa shape index (κ3) is 6.08. The summed E-state index contributed by atoms with van der Waals surface area (Å²) >= 11 is 6.15. The van der Waals surface area contributed by atoms with Crippen molar-refractivity contribution in [1.29, 1.82) is 0 Å². The van der Waals surface area contributed by atoms with Gasteiger partial charge in [0.05, 0.1) is 46.4 Å². The van der Waals surface area contributed by atoms with Gasteiger partial charge < -0.3 is 23.4 Å². The van der Waals surface area contributed by atoms with Gasteiger partial charge in [0.1, 0.15) is 18.0 Å². The molecule has 0 bridgehead atoms. The van der Waals surface area contributed by atoms with Gasteiger partial charge in [-0.3, -0.25) is 0 Å². The summed E-state index contributed by atoms with van der Waals surface area (Å²) in [6, 6.07) is 8.66. The number of nitrogens with zero attached hydrogens (tertiary/aromatic N) is 6. The van der Waals surface area contributed by atoms with Gasteiger partial charge in [0.15, 0.2) is 5.82 Å². The maximum absolute atomic E-state index is 14.7. The summed E-state index contributed by atoms with van der Waals surface area (Å²) in [7, 11) is 0. The van der Waals surface area contributed by atoms with Crippen LogP contribution in [-0.4, -0.2) is 40.1 Å². The highest BCUT2D eigenvalue weighted by molar-refractivity contribution is 6.35. The summed E-state index contributed by atoms with van der Waals surface area (Å²) in [6.07, 6.45) is 9.68. The van der Waals surface area contributed by atoms with Crippen LogP contribution in [0, 0.1) is 17.7 Å². The Hall–Kier alpha value is -5.10. The number of hydrogen-bond acceptors (Lipinski definition) is 7. The molecule has 0 amide bonds. The van der Waals surface area contributed by atoms with Crippen molar-refractivity contribution in [3.8, 4) is 5.88 Å². The fraction of sp³-hybridized carbons (Fsp3) is 0.265. The van der Waals surface area contributed by atoms with Crippen LogP contribution in [0.1, 0.15) is 59.5 Å². The number of imidazole rings is 2. The van der Waals surface area contributed by atoms with E-state index in [4.69, 9.17) is 25.7 Å². The highest BCUT2D eigenvalue weighted by Crippen LogP contribution is 2.34. The number of ether oxygens (including phenoxy) is 1. The molecule has 0 aliphatic heterocycles. The highest BCUT2D eigenvalue weighted by atomic mass is 35.5. The monoisotopic (exact) mass is 658 g/mol. The van der Waals surface area contributed by atoms with Crippen LogP contribution in [0.25, 0.3) is 27.6 Å². The lowest BCUT2D eigenvalue weighted by atomic mass is 9.87. The van der Waals surface area contributed by atoms with E-state index in [0.29, 0.717) is 41.2 Å². The molecule has 0 saturated heterocycles. The SMILES string of the molecule is CCn1cncc1Cn1c(CC2CC=C(c3ncc(F)c(OCc4ccc(Cl)c5cc(F)oc45)n3)CC2)nc2ccc(C(=O)O)cc21. The Balaban J connectivity index is 1.09. The molecule has 0 radical (unpaired) electrons. The normalized spacial score (nSPS) is 15.0. The quantitative estimate of drug-likeness (QED) is 0.161. The van der Waals surface area contributed by atoms with Crippen LogP contribution in [0.3, 0.4) is 0 Å². The molecule has 4 aromatic heterocycles. The van der Waals surface area contributed by atoms with Crippen LogP contribution in [0.15, 0.2) is 65.6 Å². The second-order valence-electron chi connectivity index (χ2n) is 11.5. The molecule has 240 valence electrons. The minimum absolute atomic E-state index is 0.108. The molecule has 1 N–H and O–H groups in total. The molecule has 47 heavy (non-hydrogen) atoms. The minimum Gasteiger partial charge on any atom is -0.478 e. The van der Waals surface area contributed by atoms with Crippen molar-refractivity contribution in [3.05, 3.63) is 107 Å². The maximum Gasteiger partial charge on any atom is 0.335 e. The molecule has 1 aliphatic carbocycles. The van der Waals surface area contributed by atoms with Crippen molar-refractivity contribution >= 4 is 45.1 Å². The molecule has 0 fully saturated rings. The van der Waals surface area contributed by atoms with Crippen LogP contribution in [0.5, 0.6) is 5.88 Å². The zero-order valence-corrected chi connectivity index (χ0v) is 26.0. The molecule has 0 spiro atoms. The molecular weight excluding hydrogens is 630 g/mol. The number of benzene rings is 2. The fourth-order valence-corrected chi connectivity index (χ4v) is 6.29. The first-order valence-corrected chi connectivity index (χ1v) is 15.6. The maximum atomic E-state index is 14.7. The summed E-state index contributed by atoms with van der Waals surface area (Å²) < 4.78 is 43.4. The summed E-state index contributed by atoms with van der Waals surface area (Å²) in [4.78, 5) is 29.5. The van der Waals surface area contributed by atoms with Gasteiger partial charge in [0, 0.05) is 36.2 Å². The van der Waals surface area contributed by atoms with E-state index in [1.807, 2.05) is 13.1 Å². The van der Waals surface area contributed by atoms with Crippen molar-refractivity contribution in [2.24, 2.45) is 5.92 Å². The molecule has 4 heterocycles. The van der Waals surface area contributed by atoms with Crippen molar-refractivity contribution in [2.45, 2.75) is 52.3 Å². The minimum atomic E-state index is -0.989. The molecule has 1 aliphatic rings. The van der Waals surface area contributed by atoms with Crippen LogP contribution < -0.4 is 4.74 Å². The lowest BCUT2D eigenvalue weighted by Gasteiger charge is -2.22. The second kappa shape index (κ2) is 12.6. The molecule has 10 nitrogen and oxygen atoms in total. The number of carboxylic acid groups (broad SMARTS) is 1. The zero-order chi connectivity index (χ0) is 32.7. The predicted molar refractivity (Wildman–Crippen MR) is 170 cm³/mol. The molecule has 1 atom stereocenters. The second-order valence-corrected chi connectivity index (χ2v) is 11.9. The average Bonchev–Trinajstić information content (AvgIpc) is 3.79. The third-order valence-corrected chi connectivity index (χ3v) is 8.90. The van der Waals surface area contributed by atoms with Gasteiger partial charge in [0.25, 0.3) is 11.9 Å². The number of furan rings is 1. The smallest absolute Gasteiger partial charge is 0.335 e. The van der Waals surface area contributed by atoms with Gasteiger partial charge in [-0.15, -0.1) is 0 Å². The highest BCUT2D eigenvalue weighted by Gasteiger charge is 2.23. The third-order valence-electron chi connectivity index (χ3n) is 8.57. The number of hydrogen-bond donors (Lipinski definition) is 1. The Morgan fingerprint density at radius 2 is 2.04 bits per heavy atom.